The van der Waals surface area contributed by atoms with Crippen molar-refractivity contribution in [3.63, 3.8) is 0 Å². The molecule has 2 aromatic carbocycles. The van der Waals surface area contributed by atoms with Crippen molar-refractivity contribution in [2.75, 3.05) is 0 Å². The highest BCUT2D eigenvalue weighted by Gasteiger charge is 2.31. The molecule has 0 saturated carbocycles. The van der Waals surface area contributed by atoms with Crippen LogP contribution in [-0.4, -0.2) is 9.97 Å². The van der Waals surface area contributed by atoms with E-state index in [9.17, 15) is 31.1 Å². The summed E-state index contributed by atoms with van der Waals surface area (Å²) in [7, 11) is 0. The lowest BCUT2D eigenvalue weighted by atomic mass is 10.1. The van der Waals surface area contributed by atoms with Gasteiger partial charge in [0, 0.05) is 5.56 Å². The minimum atomic E-state index is -4.63. The molecule has 9 heteroatoms. The van der Waals surface area contributed by atoms with E-state index in [0.29, 0.717) is 6.07 Å². The van der Waals surface area contributed by atoms with Crippen LogP contribution < -0.4 is 5.56 Å². The molecule has 0 aliphatic heterocycles. The summed E-state index contributed by atoms with van der Waals surface area (Å²) in [5.41, 5.74) is -3.03. The SMILES string of the molecule is O=c1[nH]c(-c2cccc(C(F)(F)F)c2)nc2cc(C(F)(F)F)ccc12. The molecule has 0 aliphatic carbocycles. The summed E-state index contributed by atoms with van der Waals surface area (Å²) in [4.78, 5) is 18.2. The van der Waals surface area contributed by atoms with E-state index in [2.05, 4.69) is 9.97 Å². The molecular formula is C16H8F6N2O. The van der Waals surface area contributed by atoms with Gasteiger partial charge in [0.25, 0.3) is 5.56 Å². The van der Waals surface area contributed by atoms with Crippen molar-refractivity contribution in [1.82, 2.24) is 9.97 Å². The number of fused-ring (bicyclic) bond motifs is 1. The molecule has 0 unspecified atom stereocenters. The fourth-order valence-electron chi connectivity index (χ4n) is 2.30. The number of rotatable bonds is 1. The van der Waals surface area contributed by atoms with Crippen LogP contribution in [0.5, 0.6) is 0 Å². The summed E-state index contributed by atoms with van der Waals surface area (Å²) in [6.07, 6.45) is -9.23. The fraction of sp³-hybridized carbons (Fsp3) is 0.125. The van der Waals surface area contributed by atoms with Crippen molar-refractivity contribution < 1.29 is 26.3 Å². The molecule has 0 spiro atoms. The van der Waals surface area contributed by atoms with Crippen LogP contribution in [0.4, 0.5) is 26.3 Å². The van der Waals surface area contributed by atoms with E-state index in [4.69, 9.17) is 0 Å². The van der Waals surface area contributed by atoms with Crippen LogP contribution in [0.1, 0.15) is 11.1 Å². The third-order valence-corrected chi connectivity index (χ3v) is 3.50. The molecule has 3 rings (SSSR count). The number of aromatic amines is 1. The van der Waals surface area contributed by atoms with Crippen LogP contribution in [0.15, 0.2) is 47.3 Å². The maximum atomic E-state index is 12.8. The fourth-order valence-corrected chi connectivity index (χ4v) is 2.30. The smallest absolute Gasteiger partial charge is 0.306 e. The Labute approximate surface area is 135 Å². The molecule has 1 heterocycles. The second-order valence-corrected chi connectivity index (χ2v) is 5.22. The molecule has 3 nitrogen and oxygen atoms in total. The molecular weight excluding hydrogens is 350 g/mol. The number of benzene rings is 2. The van der Waals surface area contributed by atoms with E-state index in [1.165, 1.54) is 6.07 Å². The van der Waals surface area contributed by atoms with E-state index in [1.807, 2.05) is 0 Å². The first-order valence-electron chi connectivity index (χ1n) is 6.84. The largest absolute Gasteiger partial charge is 0.416 e. The molecule has 1 N–H and O–H groups in total. The quantitative estimate of drug-likeness (QED) is 0.645. The molecule has 1 aromatic heterocycles. The maximum absolute atomic E-state index is 12.8. The second-order valence-electron chi connectivity index (χ2n) is 5.22. The first-order valence-corrected chi connectivity index (χ1v) is 6.84. The van der Waals surface area contributed by atoms with Gasteiger partial charge in [0.2, 0.25) is 0 Å². The Morgan fingerprint density at radius 2 is 1.48 bits per heavy atom. The minimum Gasteiger partial charge on any atom is -0.306 e. The first kappa shape index (κ1) is 17.0. The minimum absolute atomic E-state index is 0.0637. The van der Waals surface area contributed by atoms with Crippen LogP contribution >= 0.6 is 0 Å². The lowest BCUT2D eigenvalue weighted by Gasteiger charge is -2.10. The zero-order valence-electron chi connectivity index (χ0n) is 12.2. The molecule has 0 amide bonds. The van der Waals surface area contributed by atoms with Gasteiger partial charge >= 0.3 is 12.4 Å². The van der Waals surface area contributed by atoms with Crippen molar-refractivity contribution >= 4 is 10.9 Å². The number of halogens is 6. The Morgan fingerprint density at radius 1 is 0.840 bits per heavy atom. The monoisotopic (exact) mass is 358 g/mol. The van der Waals surface area contributed by atoms with E-state index in [-0.39, 0.29) is 22.3 Å². The van der Waals surface area contributed by atoms with Gasteiger partial charge < -0.3 is 4.98 Å². The van der Waals surface area contributed by atoms with E-state index in [1.54, 1.807) is 0 Å². The molecule has 130 valence electrons. The molecule has 0 bridgehead atoms. The summed E-state index contributed by atoms with van der Waals surface area (Å²) < 4.78 is 76.7. The second kappa shape index (κ2) is 5.61. The van der Waals surface area contributed by atoms with Crippen LogP contribution in [0.2, 0.25) is 0 Å². The summed E-state index contributed by atoms with van der Waals surface area (Å²) >= 11 is 0. The molecule has 25 heavy (non-hydrogen) atoms. The third-order valence-electron chi connectivity index (χ3n) is 3.50. The maximum Gasteiger partial charge on any atom is 0.416 e. The molecule has 0 atom stereocenters. The van der Waals surface area contributed by atoms with Crippen molar-refractivity contribution in [2.45, 2.75) is 12.4 Å². The summed E-state index contributed by atoms with van der Waals surface area (Å²) in [6, 6.07) is 6.38. The Morgan fingerprint density at radius 3 is 2.12 bits per heavy atom. The van der Waals surface area contributed by atoms with Gasteiger partial charge in [-0.25, -0.2) is 4.98 Å². The number of alkyl halides is 6. The normalized spacial score (nSPS) is 12.6. The van der Waals surface area contributed by atoms with E-state index < -0.39 is 29.0 Å². The number of hydrogen-bond donors (Lipinski definition) is 1. The van der Waals surface area contributed by atoms with Crippen molar-refractivity contribution in [3.8, 4) is 11.4 Å². The van der Waals surface area contributed by atoms with Gasteiger partial charge in [0.15, 0.2) is 0 Å². The van der Waals surface area contributed by atoms with Crippen LogP contribution in [0.25, 0.3) is 22.3 Å². The third kappa shape index (κ3) is 3.35. The summed E-state index contributed by atoms with van der Waals surface area (Å²) in [6.45, 7) is 0. The lowest BCUT2D eigenvalue weighted by Crippen LogP contribution is -2.12. The Hall–Kier alpha value is -2.84. The van der Waals surface area contributed by atoms with Gasteiger partial charge in [0.1, 0.15) is 5.82 Å². The van der Waals surface area contributed by atoms with Gasteiger partial charge in [-0.1, -0.05) is 12.1 Å². The zero-order chi connectivity index (χ0) is 18.4. The van der Waals surface area contributed by atoms with Crippen LogP contribution in [0.3, 0.4) is 0 Å². The van der Waals surface area contributed by atoms with E-state index in [0.717, 1.165) is 30.3 Å². The highest BCUT2D eigenvalue weighted by atomic mass is 19.4. The van der Waals surface area contributed by atoms with Gasteiger partial charge in [-0.2, -0.15) is 26.3 Å². The van der Waals surface area contributed by atoms with Crippen molar-refractivity contribution in [1.29, 1.82) is 0 Å². The van der Waals surface area contributed by atoms with Crippen LogP contribution in [0, 0.1) is 0 Å². The zero-order valence-corrected chi connectivity index (χ0v) is 12.2. The van der Waals surface area contributed by atoms with Gasteiger partial charge in [-0.15, -0.1) is 0 Å². The number of nitrogens with zero attached hydrogens (tertiary/aromatic N) is 1. The molecule has 0 saturated heterocycles. The van der Waals surface area contributed by atoms with Gasteiger partial charge in [-0.05, 0) is 30.3 Å². The number of H-pyrrole nitrogens is 1. The Balaban J connectivity index is 2.19. The first-order chi connectivity index (χ1) is 11.6. The molecule has 3 aromatic rings. The average molecular weight is 358 g/mol. The predicted molar refractivity (Wildman–Crippen MR) is 77.8 cm³/mol. The van der Waals surface area contributed by atoms with Crippen molar-refractivity contribution in [2.24, 2.45) is 0 Å². The molecule has 0 aliphatic rings. The van der Waals surface area contributed by atoms with Crippen LogP contribution in [-0.2, 0) is 12.4 Å². The highest BCUT2D eigenvalue weighted by molar-refractivity contribution is 5.80. The summed E-state index contributed by atoms with van der Waals surface area (Å²) in [5, 5.41) is -0.0938. The highest BCUT2D eigenvalue weighted by Crippen LogP contribution is 2.32. The number of aromatic nitrogens is 2. The van der Waals surface area contributed by atoms with Crippen molar-refractivity contribution in [3.05, 3.63) is 63.9 Å². The molecule has 0 radical (unpaired) electrons. The van der Waals surface area contributed by atoms with Gasteiger partial charge in [0.05, 0.1) is 22.0 Å². The lowest BCUT2D eigenvalue weighted by molar-refractivity contribution is -0.138. The van der Waals surface area contributed by atoms with E-state index >= 15 is 0 Å². The number of hydrogen-bond acceptors (Lipinski definition) is 2. The Kier molecular flexibility index (Phi) is 3.81. The average Bonchev–Trinajstić information content (AvgIpc) is 2.53. The Bertz CT molecular complexity index is 1000. The molecule has 0 fully saturated rings. The number of nitrogens with one attached hydrogen (secondary N) is 1. The summed E-state index contributed by atoms with van der Waals surface area (Å²) in [5.74, 6) is -0.247. The standard InChI is InChI=1S/C16H8F6N2O/c17-15(18,19)9-3-1-2-8(6-9)13-23-12-7-10(16(20,21)22)4-5-11(12)14(25)24-13/h1-7H,(H,23,24,25). The van der Waals surface area contributed by atoms with Gasteiger partial charge in [-0.3, -0.25) is 4.79 Å². The predicted octanol–water partition coefficient (Wildman–Crippen LogP) is 4.63. The topological polar surface area (TPSA) is 45.8 Å².